The van der Waals surface area contributed by atoms with Crippen molar-refractivity contribution in [3.05, 3.63) is 24.5 Å². The van der Waals surface area contributed by atoms with E-state index in [2.05, 4.69) is 4.98 Å². The first-order valence-electron chi connectivity index (χ1n) is 4.39. The molecule has 14 heavy (non-hydrogen) atoms. The molecule has 2 rings (SSSR count). The van der Waals surface area contributed by atoms with E-state index in [4.69, 9.17) is 10.5 Å². The molecule has 1 atom stereocenters. The van der Waals surface area contributed by atoms with Crippen LogP contribution in [0.5, 0.6) is 0 Å². The quantitative estimate of drug-likeness (QED) is 0.736. The van der Waals surface area contributed by atoms with Crippen molar-refractivity contribution in [3.8, 4) is 0 Å². The molecule has 1 unspecified atom stereocenters. The van der Waals surface area contributed by atoms with Gasteiger partial charge >= 0.3 is 6.09 Å². The molecular formula is C9H11N3O2. The minimum atomic E-state index is -0.353. The highest BCUT2D eigenvalue weighted by Gasteiger charge is 2.33. The number of rotatable bonds is 2. The van der Waals surface area contributed by atoms with E-state index in [-0.39, 0.29) is 12.1 Å². The van der Waals surface area contributed by atoms with E-state index in [1.807, 2.05) is 6.07 Å². The van der Waals surface area contributed by atoms with Crippen molar-refractivity contribution in [2.75, 3.05) is 18.1 Å². The molecule has 5 nitrogen and oxygen atoms in total. The summed E-state index contributed by atoms with van der Waals surface area (Å²) in [7, 11) is 0. The van der Waals surface area contributed by atoms with Gasteiger partial charge in [0.25, 0.3) is 0 Å². The summed E-state index contributed by atoms with van der Waals surface area (Å²) in [5, 5.41) is 0. The SMILES string of the molecule is NCC1COC(=O)N1c1cccnc1. The Morgan fingerprint density at radius 1 is 1.71 bits per heavy atom. The number of ether oxygens (including phenoxy) is 1. The fraction of sp³-hybridized carbons (Fsp3) is 0.333. The zero-order valence-electron chi connectivity index (χ0n) is 7.59. The third-order valence-corrected chi connectivity index (χ3v) is 2.16. The van der Waals surface area contributed by atoms with Gasteiger partial charge in [0.15, 0.2) is 0 Å². The van der Waals surface area contributed by atoms with Crippen LogP contribution in [0.3, 0.4) is 0 Å². The van der Waals surface area contributed by atoms with Gasteiger partial charge in [0, 0.05) is 12.7 Å². The smallest absolute Gasteiger partial charge is 0.414 e. The second-order valence-electron chi connectivity index (χ2n) is 3.05. The van der Waals surface area contributed by atoms with E-state index in [0.29, 0.717) is 13.2 Å². The van der Waals surface area contributed by atoms with Crippen LogP contribution in [0.25, 0.3) is 0 Å². The number of cyclic esters (lactones) is 1. The average Bonchev–Trinajstić information content (AvgIpc) is 2.61. The summed E-state index contributed by atoms with van der Waals surface area (Å²) < 4.78 is 4.90. The van der Waals surface area contributed by atoms with Crippen LogP contribution < -0.4 is 10.6 Å². The van der Waals surface area contributed by atoms with Crippen molar-refractivity contribution < 1.29 is 9.53 Å². The van der Waals surface area contributed by atoms with Crippen molar-refractivity contribution >= 4 is 11.8 Å². The summed E-state index contributed by atoms with van der Waals surface area (Å²) >= 11 is 0. The molecule has 0 aromatic carbocycles. The van der Waals surface area contributed by atoms with E-state index in [1.54, 1.807) is 18.5 Å². The van der Waals surface area contributed by atoms with Gasteiger partial charge in [-0.25, -0.2) is 4.79 Å². The number of aromatic nitrogens is 1. The molecule has 1 amide bonds. The Labute approximate surface area is 81.5 Å². The maximum Gasteiger partial charge on any atom is 0.414 e. The van der Waals surface area contributed by atoms with Crippen LogP contribution in [0.2, 0.25) is 0 Å². The number of pyridine rings is 1. The lowest BCUT2D eigenvalue weighted by molar-refractivity contribution is 0.179. The summed E-state index contributed by atoms with van der Waals surface area (Å²) in [4.78, 5) is 16.8. The van der Waals surface area contributed by atoms with E-state index >= 15 is 0 Å². The average molecular weight is 193 g/mol. The first kappa shape index (κ1) is 8.96. The molecule has 1 aromatic heterocycles. The Bertz CT molecular complexity index is 328. The van der Waals surface area contributed by atoms with Crippen molar-refractivity contribution in [1.82, 2.24) is 4.98 Å². The van der Waals surface area contributed by atoms with Crippen LogP contribution in [0, 0.1) is 0 Å². The molecule has 74 valence electrons. The first-order valence-corrected chi connectivity index (χ1v) is 4.39. The van der Waals surface area contributed by atoms with Crippen molar-refractivity contribution in [2.24, 2.45) is 5.73 Å². The lowest BCUT2D eigenvalue weighted by Crippen LogP contribution is -2.38. The van der Waals surface area contributed by atoms with Crippen LogP contribution >= 0.6 is 0 Å². The Balaban J connectivity index is 2.28. The molecule has 2 heterocycles. The number of anilines is 1. The predicted octanol–water partition coefficient (Wildman–Crippen LogP) is 0.365. The molecule has 2 N–H and O–H groups in total. The first-order chi connectivity index (χ1) is 6.83. The number of hydrogen-bond donors (Lipinski definition) is 1. The number of amides is 1. The molecule has 1 aromatic rings. The minimum absolute atomic E-state index is 0.0771. The standard InChI is InChI=1S/C9H11N3O2/c10-4-8-6-14-9(13)12(8)7-2-1-3-11-5-7/h1-3,5,8H,4,6,10H2. The molecule has 0 radical (unpaired) electrons. The van der Waals surface area contributed by atoms with Gasteiger partial charge in [-0.3, -0.25) is 9.88 Å². The van der Waals surface area contributed by atoms with Crippen molar-refractivity contribution in [1.29, 1.82) is 0 Å². The van der Waals surface area contributed by atoms with E-state index in [9.17, 15) is 4.79 Å². The number of nitrogens with two attached hydrogens (primary N) is 1. The summed E-state index contributed by atoms with van der Waals surface area (Å²) in [5.74, 6) is 0. The minimum Gasteiger partial charge on any atom is -0.447 e. The Hall–Kier alpha value is -1.62. The van der Waals surface area contributed by atoms with E-state index in [1.165, 1.54) is 4.90 Å². The predicted molar refractivity (Wildman–Crippen MR) is 50.9 cm³/mol. The highest BCUT2D eigenvalue weighted by molar-refractivity contribution is 5.90. The molecular weight excluding hydrogens is 182 g/mol. The van der Waals surface area contributed by atoms with Crippen LogP contribution in [0.4, 0.5) is 10.5 Å². The second kappa shape index (κ2) is 3.63. The molecule has 0 bridgehead atoms. The van der Waals surface area contributed by atoms with Crippen LogP contribution in [-0.2, 0) is 4.74 Å². The van der Waals surface area contributed by atoms with Gasteiger partial charge in [-0.1, -0.05) is 0 Å². The highest BCUT2D eigenvalue weighted by atomic mass is 16.6. The molecule has 0 spiro atoms. The van der Waals surface area contributed by atoms with Crippen molar-refractivity contribution in [3.63, 3.8) is 0 Å². The van der Waals surface area contributed by atoms with Gasteiger partial charge in [-0.05, 0) is 12.1 Å². The maximum absolute atomic E-state index is 11.4. The molecule has 5 heteroatoms. The maximum atomic E-state index is 11.4. The van der Waals surface area contributed by atoms with Gasteiger partial charge in [-0.2, -0.15) is 0 Å². The van der Waals surface area contributed by atoms with Gasteiger partial charge in [-0.15, -0.1) is 0 Å². The summed E-state index contributed by atoms with van der Waals surface area (Å²) in [6.45, 7) is 0.741. The fourth-order valence-corrected chi connectivity index (χ4v) is 1.45. The molecule has 1 aliphatic rings. The topological polar surface area (TPSA) is 68.5 Å². The van der Waals surface area contributed by atoms with E-state index in [0.717, 1.165) is 5.69 Å². The number of carbonyl (C=O) groups is 1. The third-order valence-electron chi connectivity index (χ3n) is 2.16. The monoisotopic (exact) mass is 193 g/mol. The van der Waals surface area contributed by atoms with Crippen molar-refractivity contribution in [2.45, 2.75) is 6.04 Å². The molecule has 1 saturated heterocycles. The second-order valence-corrected chi connectivity index (χ2v) is 3.05. The fourth-order valence-electron chi connectivity index (χ4n) is 1.45. The van der Waals surface area contributed by atoms with E-state index < -0.39 is 0 Å². The number of nitrogens with zero attached hydrogens (tertiary/aromatic N) is 2. The summed E-state index contributed by atoms with van der Waals surface area (Å²) in [5.41, 5.74) is 6.26. The van der Waals surface area contributed by atoms with Crippen LogP contribution in [0.15, 0.2) is 24.5 Å². The lowest BCUT2D eigenvalue weighted by atomic mass is 10.2. The third kappa shape index (κ3) is 1.42. The zero-order chi connectivity index (χ0) is 9.97. The lowest BCUT2D eigenvalue weighted by Gasteiger charge is -2.18. The number of carbonyl (C=O) groups excluding carboxylic acids is 1. The molecule has 1 aliphatic heterocycles. The van der Waals surface area contributed by atoms with Gasteiger partial charge in [0.1, 0.15) is 6.61 Å². The van der Waals surface area contributed by atoms with Gasteiger partial charge in [0.2, 0.25) is 0 Å². The molecule has 1 fully saturated rings. The molecule has 0 aliphatic carbocycles. The highest BCUT2D eigenvalue weighted by Crippen LogP contribution is 2.20. The zero-order valence-corrected chi connectivity index (χ0v) is 7.59. The molecule has 0 saturated carbocycles. The van der Waals surface area contributed by atoms with Crippen LogP contribution in [-0.4, -0.2) is 30.3 Å². The summed E-state index contributed by atoms with van der Waals surface area (Å²) in [6, 6.07) is 3.50. The van der Waals surface area contributed by atoms with Crippen LogP contribution in [0.1, 0.15) is 0 Å². The number of hydrogen-bond acceptors (Lipinski definition) is 4. The van der Waals surface area contributed by atoms with Gasteiger partial charge < -0.3 is 10.5 Å². The Morgan fingerprint density at radius 2 is 2.57 bits per heavy atom. The normalized spacial score (nSPS) is 21.1. The van der Waals surface area contributed by atoms with Gasteiger partial charge in [0.05, 0.1) is 17.9 Å². The summed E-state index contributed by atoms with van der Waals surface area (Å²) in [6.07, 6.45) is 2.92. The Morgan fingerprint density at radius 3 is 3.21 bits per heavy atom. The largest absolute Gasteiger partial charge is 0.447 e. The Kier molecular flexibility index (Phi) is 2.32.